The summed E-state index contributed by atoms with van der Waals surface area (Å²) in [5.41, 5.74) is 7.26. The molecule has 1 aromatic carbocycles. The first-order valence-electron chi connectivity index (χ1n) is 6.07. The molecule has 4 nitrogen and oxygen atoms in total. The summed E-state index contributed by atoms with van der Waals surface area (Å²) in [6.07, 6.45) is 0. The average molecular weight is 305 g/mol. The first-order chi connectivity index (χ1) is 9.63. The Bertz CT molecular complexity index is 590. The lowest BCUT2D eigenvalue weighted by atomic mass is 10.2. The molecule has 2 aromatic rings. The van der Waals surface area contributed by atoms with E-state index in [1.54, 1.807) is 11.8 Å². The van der Waals surface area contributed by atoms with Gasteiger partial charge in [-0.2, -0.15) is 0 Å². The number of thioether (sulfide) groups is 2. The van der Waals surface area contributed by atoms with Gasteiger partial charge in [-0.25, -0.2) is 9.97 Å². The summed E-state index contributed by atoms with van der Waals surface area (Å²) < 4.78 is 0. The average Bonchev–Trinajstić information content (AvgIpc) is 2.44. The highest BCUT2D eigenvalue weighted by Crippen LogP contribution is 2.23. The van der Waals surface area contributed by atoms with Crippen LogP contribution in [0.4, 0.5) is 0 Å². The fourth-order valence-corrected chi connectivity index (χ4v) is 3.13. The van der Waals surface area contributed by atoms with Gasteiger partial charge in [-0.05, 0) is 18.6 Å². The number of nitrogens with zero attached hydrogens (tertiary/aromatic N) is 2. The molecule has 0 saturated carbocycles. The fourth-order valence-electron chi connectivity index (χ4n) is 1.52. The van der Waals surface area contributed by atoms with Crippen molar-refractivity contribution in [1.82, 2.24) is 9.97 Å². The second-order valence-electron chi connectivity index (χ2n) is 4.16. The molecule has 1 heterocycles. The van der Waals surface area contributed by atoms with Crippen molar-refractivity contribution in [2.75, 3.05) is 5.75 Å². The molecule has 0 aliphatic rings. The number of hydrogen-bond acceptors (Lipinski definition) is 5. The number of benzene rings is 1. The summed E-state index contributed by atoms with van der Waals surface area (Å²) in [5.74, 6) is 0.716. The van der Waals surface area contributed by atoms with Crippen LogP contribution in [0.5, 0.6) is 0 Å². The topological polar surface area (TPSA) is 68.9 Å². The molecule has 1 aromatic heterocycles. The van der Waals surface area contributed by atoms with Gasteiger partial charge in [-0.15, -0.1) is 0 Å². The van der Waals surface area contributed by atoms with Crippen molar-refractivity contribution in [3.63, 3.8) is 0 Å². The number of nitrogens with two attached hydrogens (primary N) is 1. The summed E-state index contributed by atoms with van der Waals surface area (Å²) in [7, 11) is 0. The zero-order valence-electron chi connectivity index (χ0n) is 11.1. The Morgan fingerprint density at radius 2 is 1.95 bits per heavy atom. The minimum absolute atomic E-state index is 0.235. The van der Waals surface area contributed by atoms with E-state index in [1.165, 1.54) is 17.3 Å². The van der Waals surface area contributed by atoms with E-state index in [0.29, 0.717) is 0 Å². The van der Waals surface area contributed by atoms with E-state index >= 15 is 0 Å². The Morgan fingerprint density at radius 3 is 2.65 bits per heavy atom. The smallest absolute Gasteiger partial charge is 0.227 e. The van der Waals surface area contributed by atoms with Crippen molar-refractivity contribution in [2.45, 2.75) is 22.9 Å². The number of amides is 1. The monoisotopic (exact) mass is 305 g/mol. The standard InChI is InChI=1S/C14H15N3OS2/c1-10-7-13(19-9-12(15)18)17-14(16-10)20-8-11-5-3-2-4-6-11/h2-7H,8-9H2,1H3,(H2,15,18). The maximum Gasteiger partial charge on any atom is 0.227 e. The SMILES string of the molecule is Cc1cc(SCC(N)=O)nc(SCc2ccccc2)n1. The molecule has 2 rings (SSSR count). The van der Waals surface area contributed by atoms with E-state index in [9.17, 15) is 4.79 Å². The van der Waals surface area contributed by atoms with E-state index < -0.39 is 0 Å². The van der Waals surface area contributed by atoms with E-state index in [1.807, 2.05) is 31.2 Å². The van der Waals surface area contributed by atoms with E-state index in [4.69, 9.17) is 5.73 Å². The molecule has 0 radical (unpaired) electrons. The van der Waals surface area contributed by atoms with E-state index in [2.05, 4.69) is 22.1 Å². The van der Waals surface area contributed by atoms with Crippen molar-refractivity contribution in [3.8, 4) is 0 Å². The number of aromatic nitrogens is 2. The minimum Gasteiger partial charge on any atom is -0.369 e. The van der Waals surface area contributed by atoms with Crippen LogP contribution < -0.4 is 5.73 Å². The molecule has 1 amide bonds. The third kappa shape index (κ3) is 4.86. The second kappa shape index (κ2) is 7.31. The van der Waals surface area contributed by atoms with Crippen LogP contribution in [-0.4, -0.2) is 21.6 Å². The van der Waals surface area contributed by atoms with Crippen molar-refractivity contribution in [3.05, 3.63) is 47.7 Å². The Morgan fingerprint density at radius 1 is 1.20 bits per heavy atom. The first kappa shape index (κ1) is 14.9. The van der Waals surface area contributed by atoms with Crippen LogP contribution >= 0.6 is 23.5 Å². The first-order valence-corrected chi connectivity index (χ1v) is 8.04. The Kier molecular flexibility index (Phi) is 5.43. The van der Waals surface area contributed by atoms with Gasteiger partial charge in [0.25, 0.3) is 0 Å². The van der Waals surface area contributed by atoms with Crippen LogP contribution in [0, 0.1) is 6.92 Å². The van der Waals surface area contributed by atoms with Crippen LogP contribution in [0.3, 0.4) is 0 Å². The molecule has 0 aliphatic carbocycles. The molecule has 0 bridgehead atoms. The van der Waals surface area contributed by atoms with Crippen LogP contribution in [-0.2, 0) is 10.5 Å². The van der Waals surface area contributed by atoms with Crippen LogP contribution in [0.1, 0.15) is 11.3 Å². The second-order valence-corrected chi connectivity index (χ2v) is 6.10. The van der Waals surface area contributed by atoms with Gasteiger partial charge in [0.2, 0.25) is 5.91 Å². The zero-order chi connectivity index (χ0) is 14.4. The predicted molar refractivity (Wildman–Crippen MR) is 82.7 cm³/mol. The number of primary amides is 1. The van der Waals surface area contributed by atoms with Gasteiger partial charge in [0.05, 0.1) is 5.75 Å². The molecule has 0 spiro atoms. The van der Waals surface area contributed by atoms with Crippen LogP contribution in [0.2, 0.25) is 0 Å². The zero-order valence-corrected chi connectivity index (χ0v) is 12.7. The molecular weight excluding hydrogens is 290 g/mol. The lowest BCUT2D eigenvalue weighted by Crippen LogP contribution is -2.13. The van der Waals surface area contributed by atoms with Gasteiger partial charge in [0, 0.05) is 11.4 Å². The molecule has 6 heteroatoms. The summed E-state index contributed by atoms with van der Waals surface area (Å²) in [6, 6.07) is 12.0. The molecule has 0 saturated heterocycles. The molecule has 104 valence electrons. The molecule has 0 aliphatic heterocycles. The Labute approximate surface area is 126 Å². The van der Waals surface area contributed by atoms with Crippen molar-refractivity contribution < 1.29 is 4.79 Å². The molecule has 0 fully saturated rings. The van der Waals surface area contributed by atoms with Crippen LogP contribution in [0.25, 0.3) is 0 Å². The lowest BCUT2D eigenvalue weighted by molar-refractivity contribution is -0.115. The number of carbonyl (C=O) groups is 1. The summed E-state index contributed by atoms with van der Waals surface area (Å²) in [4.78, 5) is 19.6. The minimum atomic E-state index is -0.343. The fraction of sp³-hybridized carbons (Fsp3) is 0.214. The third-order valence-corrected chi connectivity index (χ3v) is 4.24. The Balaban J connectivity index is 2.02. The Hall–Kier alpha value is -1.53. The maximum atomic E-state index is 10.8. The predicted octanol–water partition coefficient (Wildman–Crippen LogP) is 2.65. The summed E-state index contributed by atoms with van der Waals surface area (Å²) >= 11 is 2.92. The molecule has 0 atom stereocenters. The molecule has 2 N–H and O–H groups in total. The third-order valence-electron chi connectivity index (χ3n) is 2.38. The molecular formula is C14H15N3OS2. The molecule has 0 unspecified atom stereocenters. The van der Waals surface area contributed by atoms with Crippen molar-refractivity contribution in [2.24, 2.45) is 5.73 Å². The van der Waals surface area contributed by atoms with Gasteiger partial charge >= 0.3 is 0 Å². The lowest BCUT2D eigenvalue weighted by Gasteiger charge is -2.05. The largest absolute Gasteiger partial charge is 0.369 e. The highest BCUT2D eigenvalue weighted by Gasteiger charge is 2.05. The van der Waals surface area contributed by atoms with Gasteiger partial charge in [-0.1, -0.05) is 53.9 Å². The highest BCUT2D eigenvalue weighted by atomic mass is 32.2. The quantitative estimate of drug-likeness (QED) is 0.505. The van der Waals surface area contributed by atoms with Crippen molar-refractivity contribution in [1.29, 1.82) is 0 Å². The number of carbonyl (C=O) groups excluding carboxylic acids is 1. The number of aryl methyl sites for hydroxylation is 1. The van der Waals surface area contributed by atoms with Crippen LogP contribution in [0.15, 0.2) is 46.6 Å². The maximum absolute atomic E-state index is 10.8. The van der Waals surface area contributed by atoms with Gasteiger partial charge in [-0.3, -0.25) is 4.79 Å². The number of hydrogen-bond donors (Lipinski definition) is 1. The molecule has 20 heavy (non-hydrogen) atoms. The summed E-state index contributed by atoms with van der Waals surface area (Å²) in [5, 5.41) is 1.51. The van der Waals surface area contributed by atoms with E-state index in [0.717, 1.165) is 21.6 Å². The van der Waals surface area contributed by atoms with Gasteiger partial charge in [0.15, 0.2) is 5.16 Å². The van der Waals surface area contributed by atoms with Crippen molar-refractivity contribution >= 4 is 29.4 Å². The van der Waals surface area contributed by atoms with Gasteiger partial charge in [0.1, 0.15) is 5.03 Å². The normalized spacial score (nSPS) is 10.4. The number of rotatable bonds is 6. The summed E-state index contributed by atoms with van der Waals surface area (Å²) in [6.45, 7) is 1.92. The van der Waals surface area contributed by atoms with Gasteiger partial charge < -0.3 is 5.73 Å². The highest BCUT2D eigenvalue weighted by molar-refractivity contribution is 8.00. The van der Waals surface area contributed by atoms with E-state index in [-0.39, 0.29) is 11.7 Å².